The van der Waals surface area contributed by atoms with Gasteiger partial charge in [-0.1, -0.05) is 0 Å². The van der Waals surface area contributed by atoms with Gasteiger partial charge in [-0.05, 0) is 0 Å². The van der Waals surface area contributed by atoms with Gasteiger partial charge < -0.3 is 0 Å². The molecule has 0 nitrogen and oxygen atoms in total. The van der Waals surface area contributed by atoms with Crippen LogP contribution in [0.25, 0.3) is 0 Å². The zero-order valence-corrected chi connectivity index (χ0v) is 32.7. The first kappa shape index (κ1) is 29.1. The van der Waals surface area contributed by atoms with Crippen molar-refractivity contribution in [3.8, 4) is 0 Å². The van der Waals surface area contributed by atoms with Crippen LogP contribution in [-0.2, 0) is 6.86 Å². The molecule has 6 aliphatic rings. The minimum atomic E-state index is -2.88. The summed E-state index contributed by atoms with van der Waals surface area (Å²) in [6.45, 7) is 0. The number of benzene rings is 6. The van der Waals surface area contributed by atoms with Gasteiger partial charge in [0.2, 0.25) is 0 Å². The third-order valence-electron chi connectivity index (χ3n) is 11.2. The van der Waals surface area contributed by atoms with Gasteiger partial charge in [0.05, 0.1) is 0 Å². The molecule has 0 aromatic heterocycles. The van der Waals surface area contributed by atoms with Gasteiger partial charge in [0.15, 0.2) is 0 Å². The summed E-state index contributed by atoms with van der Waals surface area (Å²) < 4.78 is -0.253. The fourth-order valence-electron chi connectivity index (χ4n) is 9.91. The zero-order valence-electron chi connectivity index (χ0n) is 27.0. The molecule has 6 aliphatic carbocycles. The van der Waals surface area contributed by atoms with E-state index >= 15 is 0 Å². The molecular formula is C44H38Sn2. The molecule has 0 atom stereocenters. The molecule has 0 saturated heterocycles. The summed E-state index contributed by atoms with van der Waals surface area (Å²) in [5, 5.41) is 0. The van der Waals surface area contributed by atoms with E-state index < -0.39 is 39.5 Å². The van der Waals surface area contributed by atoms with Crippen molar-refractivity contribution < 1.29 is 0 Å². The Kier molecular flexibility index (Phi) is 6.78. The second kappa shape index (κ2) is 10.7. The van der Waals surface area contributed by atoms with Crippen LogP contribution in [0.2, 0.25) is 19.8 Å². The quantitative estimate of drug-likeness (QED) is 0.153. The fraction of sp³-hybridized carbons (Fsp3) is 0.182. The van der Waals surface area contributed by atoms with Crippen LogP contribution in [0.3, 0.4) is 0 Å². The van der Waals surface area contributed by atoms with Crippen LogP contribution in [0.5, 0.6) is 0 Å². The molecule has 0 unspecified atom stereocenters. The Morgan fingerprint density at radius 2 is 0.500 bits per heavy atom. The average Bonchev–Trinajstić information content (AvgIpc) is 3.10. The van der Waals surface area contributed by atoms with Crippen molar-refractivity contribution in [1.29, 1.82) is 0 Å². The van der Waals surface area contributed by atoms with Crippen molar-refractivity contribution in [2.24, 2.45) is 0 Å². The molecule has 2 heteroatoms. The van der Waals surface area contributed by atoms with Crippen molar-refractivity contribution in [3.05, 3.63) is 212 Å². The second-order valence-corrected chi connectivity index (χ2v) is 30.4. The first-order valence-electron chi connectivity index (χ1n) is 16.7. The van der Waals surface area contributed by atoms with Crippen LogP contribution in [0.15, 0.2) is 146 Å². The van der Waals surface area contributed by atoms with Crippen molar-refractivity contribution in [2.75, 3.05) is 0 Å². The van der Waals surface area contributed by atoms with E-state index in [-0.39, 0.29) is 6.86 Å². The van der Waals surface area contributed by atoms with Gasteiger partial charge in [-0.2, -0.15) is 0 Å². The van der Waals surface area contributed by atoms with Gasteiger partial charge in [-0.15, -0.1) is 0 Å². The maximum absolute atomic E-state index is 2.88. The third-order valence-corrected chi connectivity index (χ3v) is 22.2. The van der Waals surface area contributed by atoms with Crippen LogP contribution in [-0.4, -0.2) is 39.5 Å². The van der Waals surface area contributed by atoms with Crippen molar-refractivity contribution in [3.63, 3.8) is 0 Å². The van der Waals surface area contributed by atoms with Gasteiger partial charge in [0.25, 0.3) is 0 Å². The summed E-state index contributed by atoms with van der Waals surface area (Å²) in [7, 11) is 0. The van der Waals surface area contributed by atoms with Crippen LogP contribution in [0, 0.1) is 0 Å². The van der Waals surface area contributed by atoms with E-state index in [2.05, 4.69) is 165 Å². The summed E-state index contributed by atoms with van der Waals surface area (Å²) in [4.78, 5) is 9.86. The van der Waals surface area contributed by atoms with E-state index in [0.29, 0.717) is 11.8 Å². The van der Waals surface area contributed by atoms with Crippen molar-refractivity contribution >= 4 is 39.5 Å². The minimum absolute atomic E-state index is 0.127. The predicted octanol–water partition coefficient (Wildman–Crippen LogP) is 10.2. The van der Waals surface area contributed by atoms with Crippen LogP contribution < -0.4 is 0 Å². The Balaban J connectivity index is 0.000000692. The Labute approximate surface area is 288 Å². The molecule has 222 valence electrons. The van der Waals surface area contributed by atoms with Crippen LogP contribution >= 0.6 is 0 Å². The first-order valence-corrected chi connectivity index (χ1v) is 31.0. The number of hydrogen-bond donors (Lipinski definition) is 0. The summed E-state index contributed by atoms with van der Waals surface area (Å²) in [6, 6.07) is 56.9. The molecular weight excluding hydrogens is 766 g/mol. The first-order chi connectivity index (χ1) is 22.5. The molecule has 0 spiro atoms. The normalized spacial score (nSPS) is 23.3. The summed E-state index contributed by atoms with van der Waals surface area (Å²) in [6.07, 6.45) is 0. The Morgan fingerprint density at radius 3 is 0.696 bits per heavy atom. The summed E-state index contributed by atoms with van der Waals surface area (Å²) in [5.41, 5.74) is 18.5. The van der Waals surface area contributed by atoms with E-state index in [1.807, 2.05) is 0 Å². The molecule has 0 fully saturated rings. The molecule has 0 saturated carbocycles. The van der Waals surface area contributed by atoms with E-state index in [4.69, 9.17) is 0 Å². The van der Waals surface area contributed by atoms with Crippen molar-refractivity contribution in [1.82, 2.24) is 0 Å². The maximum atomic E-state index is 2.77. The van der Waals surface area contributed by atoms with Crippen LogP contribution in [0.4, 0.5) is 0 Å². The van der Waals surface area contributed by atoms with Gasteiger partial charge in [-0.3, -0.25) is 0 Å². The summed E-state index contributed by atoms with van der Waals surface area (Å²) in [5.74, 6) is 0.608. The second-order valence-electron chi connectivity index (χ2n) is 14.0. The number of hydrogen-bond acceptors (Lipinski definition) is 0. The van der Waals surface area contributed by atoms with E-state index in [0.717, 1.165) is 0 Å². The number of rotatable bonds is 2. The Bertz CT molecular complexity index is 1770. The topological polar surface area (TPSA) is 0 Å². The molecule has 4 bridgehead atoms. The zero-order chi connectivity index (χ0) is 31.2. The third kappa shape index (κ3) is 3.58. The fourth-order valence-corrected chi connectivity index (χ4v) is 22.3. The van der Waals surface area contributed by atoms with Gasteiger partial charge in [0, 0.05) is 0 Å². The molecule has 0 heterocycles. The standard InChI is InChI=1S/2C20H13.4CH3.2Sn/c2*1-2-8-14-13(7-1)19-15-9-3-5-11-17(15)20(14)18-12-6-4-10-16(18)19;;;;;;/h2*1-12,19H;4*1H3;;. The molecule has 46 heavy (non-hydrogen) atoms. The Hall–Kier alpha value is -3.08. The van der Waals surface area contributed by atoms with E-state index in [9.17, 15) is 0 Å². The molecule has 6 aromatic rings. The van der Waals surface area contributed by atoms with E-state index in [1.165, 1.54) is 33.4 Å². The average molecular weight is 804 g/mol. The van der Waals surface area contributed by atoms with Gasteiger partial charge in [0.1, 0.15) is 0 Å². The van der Waals surface area contributed by atoms with E-state index in [1.54, 1.807) is 33.4 Å². The molecule has 0 N–H and O–H groups in total. The summed E-state index contributed by atoms with van der Waals surface area (Å²) >= 11 is -3.43. The Morgan fingerprint density at radius 1 is 0.326 bits per heavy atom. The monoisotopic (exact) mass is 806 g/mol. The molecule has 0 aliphatic heterocycles. The molecule has 6 aromatic carbocycles. The van der Waals surface area contributed by atoms with Gasteiger partial charge in [-0.25, -0.2) is 0 Å². The van der Waals surface area contributed by atoms with Crippen molar-refractivity contribution in [2.45, 2.75) is 38.5 Å². The van der Waals surface area contributed by atoms with Gasteiger partial charge >= 0.3 is 290 Å². The molecule has 12 rings (SSSR count). The molecule has 0 amide bonds. The SMILES string of the molecule is [CH3][Sn]([CH3])[CH3].[CH3][Sn]([C]12c3ccccc3C(c3ccccc31)c1ccccc12)[C]12c3ccccc3C(c3ccccc31)c1ccccc12. The molecule has 2 radical (unpaired) electrons. The predicted molar refractivity (Wildman–Crippen MR) is 195 cm³/mol. The van der Waals surface area contributed by atoms with Crippen LogP contribution in [0.1, 0.15) is 78.6 Å².